The van der Waals surface area contributed by atoms with Gasteiger partial charge in [-0.15, -0.1) is 0 Å². The second kappa shape index (κ2) is 5.40. The minimum Gasteiger partial charge on any atom is -0.508 e. The van der Waals surface area contributed by atoms with E-state index in [0.717, 1.165) is 30.4 Å². The number of aromatic hydroxyl groups is 1. The van der Waals surface area contributed by atoms with Crippen molar-refractivity contribution in [2.24, 2.45) is 0 Å². The van der Waals surface area contributed by atoms with Crippen LogP contribution >= 0.6 is 11.8 Å². The molecule has 0 aliphatic carbocycles. The van der Waals surface area contributed by atoms with Gasteiger partial charge in [0, 0.05) is 17.9 Å². The molecule has 1 aliphatic rings. The molecule has 0 bridgehead atoms. The molecule has 1 aliphatic heterocycles. The van der Waals surface area contributed by atoms with E-state index in [1.165, 1.54) is 12.1 Å². The number of phenols is 1. The highest BCUT2D eigenvalue weighted by atomic mass is 32.2. The molecule has 0 radical (unpaired) electrons. The van der Waals surface area contributed by atoms with Crippen molar-refractivity contribution in [3.8, 4) is 5.75 Å². The Morgan fingerprint density at radius 3 is 3.00 bits per heavy atom. The van der Waals surface area contributed by atoms with Crippen LogP contribution in [0.4, 0.5) is 4.39 Å². The van der Waals surface area contributed by atoms with Gasteiger partial charge >= 0.3 is 0 Å². The van der Waals surface area contributed by atoms with Gasteiger partial charge in [0.1, 0.15) is 11.6 Å². The maximum absolute atomic E-state index is 13.4. The van der Waals surface area contributed by atoms with Gasteiger partial charge < -0.3 is 10.4 Å². The van der Waals surface area contributed by atoms with E-state index in [1.807, 2.05) is 0 Å². The van der Waals surface area contributed by atoms with Crippen molar-refractivity contribution in [2.45, 2.75) is 18.9 Å². The fourth-order valence-electron chi connectivity index (χ4n) is 1.81. The van der Waals surface area contributed by atoms with Gasteiger partial charge in [-0.1, -0.05) is 0 Å². The van der Waals surface area contributed by atoms with Gasteiger partial charge in [-0.3, -0.25) is 4.79 Å². The monoisotopic (exact) mass is 255 g/mol. The van der Waals surface area contributed by atoms with E-state index in [9.17, 15) is 9.18 Å². The first-order valence-electron chi connectivity index (χ1n) is 5.54. The topological polar surface area (TPSA) is 49.3 Å². The SMILES string of the molecule is O=C(NC1CCCSC1)c1ccc(O)cc1F. The van der Waals surface area contributed by atoms with Gasteiger partial charge in [-0.2, -0.15) is 11.8 Å². The predicted molar refractivity (Wildman–Crippen MR) is 65.9 cm³/mol. The van der Waals surface area contributed by atoms with Crippen LogP contribution in [0.2, 0.25) is 0 Å². The number of benzene rings is 1. The second-order valence-corrected chi connectivity index (χ2v) is 5.20. The predicted octanol–water partition coefficient (Wildman–Crippen LogP) is 2.16. The normalized spacial score (nSPS) is 19.9. The Labute approximate surface area is 103 Å². The molecule has 1 unspecified atom stereocenters. The van der Waals surface area contributed by atoms with Crippen LogP contribution in [-0.4, -0.2) is 28.6 Å². The van der Waals surface area contributed by atoms with Crippen LogP contribution in [-0.2, 0) is 0 Å². The Morgan fingerprint density at radius 2 is 2.35 bits per heavy atom. The molecule has 0 aromatic heterocycles. The highest BCUT2D eigenvalue weighted by Crippen LogP contribution is 2.19. The molecule has 1 aromatic carbocycles. The molecule has 1 atom stereocenters. The van der Waals surface area contributed by atoms with Crippen molar-refractivity contribution in [1.29, 1.82) is 0 Å². The van der Waals surface area contributed by atoms with Gasteiger partial charge in [0.15, 0.2) is 0 Å². The Bertz CT molecular complexity index is 419. The van der Waals surface area contributed by atoms with Gasteiger partial charge in [0.05, 0.1) is 5.56 Å². The lowest BCUT2D eigenvalue weighted by molar-refractivity contribution is 0.0934. The maximum atomic E-state index is 13.4. The first kappa shape index (κ1) is 12.2. The van der Waals surface area contributed by atoms with E-state index in [-0.39, 0.29) is 17.4 Å². The molecule has 17 heavy (non-hydrogen) atoms. The minimum absolute atomic E-state index is 0.0154. The quantitative estimate of drug-likeness (QED) is 0.851. The number of rotatable bonds is 2. The van der Waals surface area contributed by atoms with E-state index in [2.05, 4.69) is 5.32 Å². The third-order valence-electron chi connectivity index (χ3n) is 2.69. The highest BCUT2D eigenvalue weighted by molar-refractivity contribution is 7.99. The van der Waals surface area contributed by atoms with Gasteiger partial charge in [-0.25, -0.2) is 4.39 Å². The van der Waals surface area contributed by atoms with E-state index < -0.39 is 11.7 Å². The second-order valence-electron chi connectivity index (χ2n) is 4.05. The smallest absolute Gasteiger partial charge is 0.254 e. The van der Waals surface area contributed by atoms with Crippen molar-refractivity contribution >= 4 is 17.7 Å². The first-order chi connectivity index (χ1) is 8.16. The zero-order chi connectivity index (χ0) is 12.3. The molecular weight excluding hydrogens is 241 g/mol. The summed E-state index contributed by atoms with van der Waals surface area (Å²) < 4.78 is 13.4. The van der Waals surface area contributed by atoms with Crippen LogP contribution in [0.1, 0.15) is 23.2 Å². The fourth-order valence-corrected chi connectivity index (χ4v) is 2.88. The summed E-state index contributed by atoms with van der Waals surface area (Å²) in [5.74, 6) is 0.735. The zero-order valence-electron chi connectivity index (χ0n) is 9.28. The van der Waals surface area contributed by atoms with Crippen LogP contribution in [0, 0.1) is 5.82 Å². The summed E-state index contributed by atoms with van der Waals surface area (Å²) in [6.45, 7) is 0. The van der Waals surface area contributed by atoms with E-state index >= 15 is 0 Å². The van der Waals surface area contributed by atoms with Crippen molar-refractivity contribution < 1.29 is 14.3 Å². The fraction of sp³-hybridized carbons (Fsp3) is 0.417. The van der Waals surface area contributed by atoms with Crippen LogP contribution in [0.5, 0.6) is 5.75 Å². The first-order valence-corrected chi connectivity index (χ1v) is 6.69. The Morgan fingerprint density at radius 1 is 1.53 bits per heavy atom. The number of phenolic OH excluding ortho intramolecular Hbond substituents is 1. The number of hydrogen-bond donors (Lipinski definition) is 2. The molecule has 1 heterocycles. The van der Waals surface area contributed by atoms with Crippen LogP contribution in [0.15, 0.2) is 18.2 Å². The largest absolute Gasteiger partial charge is 0.508 e. The van der Waals surface area contributed by atoms with Crippen molar-refractivity contribution in [3.63, 3.8) is 0 Å². The summed E-state index contributed by atoms with van der Waals surface area (Å²) in [7, 11) is 0. The lowest BCUT2D eigenvalue weighted by Gasteiger charge is -2.22. The summed E-state index contributed by atoms with van der Waals surface area (Å²) >= 11 is 1.80. The summed E-state index contributed by atoms with van der Waals surface area (Å²) in [5, 5.41) is 11.9. The summed E-state index contributed by atoms with van der Waals surface area (Å²) in [6, 6.07) is 3.68. The van der Waals surface area contributed by atoms with E-state index in [1.54, 1.807) is 11.8 Å². The molecule has 3 nitrogen and oxygen atoms in total. The van der Waals surface area contributed by atoms with Crippen molar-refractivity contribution in [3.05, 3.63) is 29.6 Å². The molecule has 1 aromatic rings. The Balaban J connectivity index is 2.03. The molecule has 2 rings (SSSR count). The van der Waals surface area contributed by atoms with Crippen LogP contribution < -0.4 is 5.32 Å². The number of amides is 1. The van der Waals surface area contributed by atoms with Crippen LogP contribution in [0.25, 0.3) is 0 Å². The molecule has 1 fully saturated rings. The average Bonchev–Trinajstić information content (AvgIpc) is 2.30. The average molecular weight is 255 g/mol. The van der Waals surface area contributed by atoms with Crippen LogP contribution in [0.3, 0.4) is 0 Å². The summed E-state index contributed by atoms with van der Waals surface area (Å²) in [6.07, 6.45) is 2.02. The highest BCUT2D eigenvalue weighted by Gasteiger charge is 2.19. The number of halogens is 1. The molecule has 5 heteroatoms. The third-order valence-corrected chi connectivity index (χ3v) is 3.91. The van der Waals surface area contributed by atoms with Crippen molar-refractivity contribution in [2.75, 3.05) is 11.5 Å². The molecule has 92 valence electrons. The molecule has 0 saturated carbocycles. The standard InChI is InChI=1S/C12H14FNO2S/c13-11-6-9(15)3-4-10(11)12(16)14-8-2-1-5-17-7-8/h3-4,6,8,15H,1-2,5,7H2,(H,14,16). The minimum atomic E-state index is -0.689. The third kappa shape index (κ3) is 3.12. The maximum Gasteiger partial charge on any atom is 0.254 e. The lowest BCUT2D eigenvalue weighted by Crippen LogP contribution is -2.38. The number of carbonyl (C=O) groups is 1. The van der Waals surface area contributed by atoms with Gasteiger partial charge in [0.2, 0.25) is 0 Å². The Kier molecular flexibility index (Phi) is 3.89. The molecule has 1 amide bonds. The lowest BCUT2D eigenvalue weighted by atomic mass is 10.1. The van der Waals surface area contributed by atoms with Gasteiger partial charge in [-0.05, 0) is 30.7 Å². The molecule has 2 N–H and O–H groups in total. The number of thioether (sulfide) groups is 1. The van der Waals surface area contributed by atoms with E-state index in [4.69, 9.17) is 5.11 Å². The van der Waals surface area contributed by atoms with Crippen molar-refractivity contribution in [1.82, 2.24) is 5.32 Å². The summed E-state index contributed by atoms with van der Waals surface area (Å²) in [4.78, 5) is 11.8. The van der Waals surface area contributed by atoms with E-state index in [0.29, 0.717) is 0 Å². The Hall–Kier alpha value is -1.23. The molecule has 0 spiro atoms. The number of nitrogens with one attached hydrogen (secondary N) is 1. The molecular formula is C12H14FNO2S. The molecule has 1 saturated heterocycles. The number of hydrogen-bond acceptors (Lipinski definition) is 3. The zero-order valence-corrected chi connectivity index (χ0v) is 10.1. The number of carbonyl (C=O) groups excluding carboxylic acids is 1. The van der Waals surface area contributed by atoms with Gasteiger partial charge in [0.25, 0.3) is 5.91 Å². The summed E-state index contributed by atoms with van der Waals surface area (Å²) in [5.41, 5.74) is -0.0154.